The number of likely N-dealkylation sites (N-methyl/N-ethyl adjacent to an activating group) is 1. The van der Waals surface area contributed by atoms with Crippen LogP contribution in [-0.2, 0) is 6.54 Å². The van der Waals surface area contributed by atoms with Crippen molar-refractivity contribution in [3.63, 3.8) is 0 Å². The van der Waals surface area contributed by atoms with Crippen molar-refractivity contribution < 1.29 is 19.9 Å². The molecule has 118 valence electrons. The van der Waals surface area contributed by atoms with Gasteiger partial charge in [0.15, 0.2) is 0 Å². The lowest BCUT2D eigenvalue weighted by atomic mass is 10.1. The SMILES string of the molecule is CC[NH+](CCO)Cc1ccc(-c2nc(C)c(C(=O)[O-])s2)cc1. The van der Waals surface area contributed by atoms with Crippen molar-refractivity contribution in [1.29, 1.82) is 0 Å². The molecule has 2 N–H and O–H groups in total. The molecule has 2 aromatic rings. The fourth-order valence-electron chi connectivity index (χ4n) is 2.31. The molecule has 1 aromatic heterocycles. The number of aryl methyl sites for hydroxylation is 1. The van der Waals surface area contributed by atoms with E-state index in [4.69, 9.17) is 5.11 Å². The Kier molecular flexibility index (Phi) is 5.65. The van der Waals surface area contributed by atoms with Crippen molar-refractivity contribution in [2.24, 2.45) is 0 Å². The summed E-state index contributed by atoms with van der Waals surface area (Å²) in [5, 5.41) is 20.7. The van der Waals surface area contributed by atoms with Gasteiger partial charge in [-0.3, -0.25) is 0 Å². The fourth-order valence-corrected chi connectivity index (χ4v) is 3.22. The number of thiazole rings is 1. The first-order valence-corrected chi connectivity index (χ1v) is 8.09. The zero-order valence-electron chi connectivity index (χ0n) is 12.8. The summed E-state index contributed by atoms with van der Waals surface area (Å²) in [6.45, 7) is 6.52. The molecule has 1 atom stereocenters. The number of aromatic carboxylic acids is 1. The highest BCUT2D eigenvalue weighted by Crippen LogP contribution is 2.27. The van der Waals surface area contributed by atoms with E-state index in [0.29, 0.717) is 10.7 Å². The van der Waals surface area contributed by atoms with E-state index in [1.807, 2.05) is 24.3 Å². The molecule has 1 aromatic carbocycles. The van der Waals surface area contributed by atoms with E-state index < -0.39 is 5.97 Å². The molecule has 0 bridgehead atoms. The summed E-state index contributed by atoms with van der Waals surface area (Å²) in [6.07, 6.45) is 0. The summed E-state index contributed by atoms with van der Waals surface area (Å²) in [4.78, 5) is 16.8. The van der Waals surface area contributed by atoms with Crippen molar-refractivity contribution >= 4 is 17.3 Å². The number of aliphatic hydroxyl groups is 1. The minimum Gasteiger partial charge on any atom is -0.544 e. The summed E-state index contributed by atoms with van der Waals surface area (Å²) >= 11 is 1.14. The van der Waals surface area contributed by atoms with E-state index in [0.717, 1.165) is 36.5 Å². The number of benzene rings is 1. The Morgan fingerprint density at radius 1 is 1.36 bits per heavy atom. The minimum atomic E-state index is -1.18. The Morgan fingerprint density at radius 2 is 2.05 bits per heavy atom. The molecule has 0 saturated heterocycles. The number of hydrogen-bond donors (Lipinski definition) is 2. The summed E-state index contributed by atoms with van der Waals surface area (Å²) in [5.74, 6) is -1.18. The van der Waals surface area contributed by atoms with Crippen LogP contribution in [0.1, 0.15) is 27.9 Å². The van der Waals surface area contributed by atoms with E-state index in [9.17, 15) is 9.90 Å². The van der Waals surface area contributed by atoms with Gasteiger partial charge in [-0.2, -0.15) is 0 Å². The number of carbonyl (C=O) groups excluding carboxylic acids is 1. The number of carboxylic acids is 1. The summed E-state index contributed by atoms with van der Waals surface area (Å²) in [5.41, 5.74) is 2.58. The predicted octanol–water partition coefficient (Wildman–Crippen LogP) is -0.121. The number of hydrogen-bond acceptors (Lipinski definition) is 5. The molecule has 0 aliphatic carbocycles. The quantitative estimate of drug-likeness (QED) is 0.745. The second-order valence-electron chi connectivity index (χ2n) is 5.17. The lowest BCUT2D eigenvalue weighted by Crippen LogP contribution is -3.10. The van der Waals surface area contributed by atoms with Crippen molar-refractivity contribution in [2.45, 2.75) is 20.4 Å². The molecule has 0 amide bonds. The lowest BCUT2D eigenvalue weighted by Gasteiger charge is -2.16. The lowest BCUT2D eigenvalue weighted by molar-refractivity contribution is -0.912. The van der Waals surface area contributed by atoms with Crippen LogP contribution in [0.25, 0.3) is 10.6 Å². The highest BCUT2D eigenvalue weighted by atomic mass is 32.1. The number of carboxylic acid groups (broad SMARTS) is 1. The molecule has 2 rings (SSSR count). The van der Waals surface area contributed by atoms with Crippen LogP contribution in [0.3, 0.4) is 0 Å². The van der Waals surface area contributed by atoms with Gasteiger partial charge in [0, 0.05) is 11.1 Å². The minimum absolute atomic E-state index is 0.184. The topological polar surface area (TPSA) is 77.7 Å². The maximum Gasteiger partial charge on any atom is 0.124 e. The van der Waals surface area contributed by atoms with Crippen molar-refractivity contribution in [2.75, 3.05) is 19.7 Å². The molecule has 22 heavy (non-hydrogen) atoms. The Hall–Kier alpha value is -1.76. The third-order valence-corrected chi connectivity index (χ3v) is 4.79. The third kappa shape index (κ3) is 3.91. The smallest absolute Gasteiger partial charge is 0.124 e. The maximum absolute atomic E-state index is 11.0. The Labute approximate surface area is 133 Å². The Bertz CT molecular complexity index is 637. The summed E-state index contributed by atoms with van der Waals surface area (Å²) < 4.78 is 0. The Morgan fingerprint density at radius 3 is 2.55 bits per heavy atom. The zero-order chi connectivity index (χ0) is 16.1. The molecule has 0 radical (unpaired) electrons. The van der Waals surface area contributed by atoms with E-state index in [2.05, 4.69) is 11.9 Å². The van der Waals surface area contributed by atoms with Crippen molar-refractivity contribution in [3.8, 4) is 10.6 Å². The normalized spacial score (nSPS) is 12.3. The van der Waals surface area contributed by atoms with E-state index in [1.54, 1.807) is 6.92 Å². The molecule has 5 nitrogen and oxygen atoms in total. The second kappa shape index (κ2) is 7.49. The molecule has 1 heterocycles. The first-order chi connectivity index (χ1) is 10.5. The number of nitrogens with zero attached hydrogens (tertiary/aromatic N) is 1. The largest absolute Gasteiger partial charge is 0.544 e. The molecule has 0 fully saturated rings. The molecule has 1 unspecified atom stereocenters. The maximum atomic E-state index is 11.0. The van der Waals surface area contributed by atoms with Crippen LogP contribution in [-0.4, -0.2) is 35.8 Å². The van der Waals surface area contributed by atoms with Crippen LogP contribution < -0.4 is 10.0 Å². The number of aliphatic hydroxyl groups excluding tert-OH is 1. The van der Waals surface area contributed by atoms with Gasteiger partial charge in [-0.25, -0.2) is 4.98 Å². The van der Waals surface area contributed by atoms with Crippen molar-refractivity contribution in [3.05, 3.63) is 40.4 Å². The first kappa shape index (κ1) is 16.6. The van der Waals surface area contributed by atoms with Gasteiger partial charge in [-0.1, -0.05) is 24.3 Å². The van der Waals surface area contributed by atoms with Gasteiger partial charge in [0.1, 0.15) is 18.1 Å². The molecule has 0 aliphatic heterocycles. The van der Waals surface area contributed by atoms with E-state index >= 15 is 0 Å². The molecule has 0 saturated carbocycles. The number of aromatic nitrogens is 1. The van der Waals surface area contributed by atoms with Gasteiger partial charge in [0.25, 0.3) is 0 Å². The highest BCUT2D eigenvalue weighted by molar-refractivity contribution is 7.17. The van der Waals surface area contributed by atoms with Gasteiger partial charge in [0.2, 0.25) is 0 Å². The van der Waals surface area contributed by atoms with Gasteiger partial charge in [-0.15, -0.1) is 11.3 Å². The number of rotatable bonds is 7. The highest BCUT2D eigenvalue weighted by Gasteiger charge is 2.11. The average Bonchev–Trinajstić information content (AvgIpc) is 2.89. The van der Waals surface area contributed by atoms with Crippen LogP contribution in [0.2, 0.25) is 0 Å². The predicted molar refractivity (Wildman–Crippen MR) is 83.8 cm³/mol. The summed E-state index contributed by atoms with van der Waals surface area (Å²) in [6, 6.07) is 7.97. The Balaban J connectivity index is 2.15. The molecule has 0 spiro atoms. The number of quaternary nitrogens is 1. The van der Waals surface area contributed by atoms with Crippen LogP contribution in [0.15, 0.2) is 24.3 Å². The second-order valence-corrected chi connectivity index (χ2v) is 6.17. The molecular weight excluding hydrogens is 300 g/mol. The summed E-state index contributed by atoms with van der Waals surface area (Å²) in [7, 11) is 0. The van der Waals surface area contributed by atoms with Gasteiger partial charge >= 0.3 is 0 Å². The average molecular weight is 320 g/mol. The molecular formula is C16H20N2O3S. The molecule has 6 heteroatoms. The zero-order valence-corrected chi connectivity index (χ0v) is 13.6. The van der Waals surface area contributed by atoms with Gasteiger partial charge in [-0.05, 0) is 13.8 Å². The molecule has 0 aliphatic rings. The van der Waals surface area contributed by atoms with Crippen LogP contribution in [0.5, 0.6) is 0 Å². The first-order valence-electron chi connectivity index (χ1n) is 7.27. The van der Waals surface area contributed by atoms with Gasteiger partial charge < -0.3 is 19.9 Å². The van der Waals surface area contributed by atoms with E-state index in [-0.39, 0.29) is 11.5 Å². The standard InChI is InChI=1S/C16H20N2O3S/c1-3-18(8-9-19)10-12-4-6-13(7-5-12)15-17-11(2)14(22-15)16(20)21/h4-7,19H,3,8-10H2,1-2H3,(H,20,21). The van der Waals surface area contributed by atoms with Crippen LogP contribution in [0, 0.1) is 6.92 Å². The fraction of sp³-hybridized carbons (Fsp3) is 0.375. The van der Waals surface area contributed by atoms with Crippen LogP contribution >= 0.6 is 11.3 Å². The van der Waals surface area contributed by atoms with Gasteiger partial charge in [0.05, 0.1) is 29.7 Å². The van der Waals surface area contributed by atoms with Crippen LogP contribution in [0.4, 0.5) is 0 Å². The number of nitrogens with one attached hydrogen (secondary N) is 1. The monoisotopic (exact) mass is 320 g/mol. The van der Waals surface area contributed by atoms with E-state index in [1.165, 1.54) is 10.5 Å². The third-order valence-electron chi connectivity index (χ3n) is 3.60. The number of carbonyl (C=O) groups is 1. The van der Waals surface area contributed by atoms with Crippen molar-refractivity contribution in [1.82, 2.24) is 4.98 Å².